The summed E-state index contributed by atoms with van der Waals surface area (Å²) in [7, 11) is 0. The van der Waals surface area contributed by atoms with Crippen molar-refractivity contribution >= 4 is 35.5 Å². The first-order valence-corrected chi connectivity index (χ1v) is 8.13. The van der Waals surface area contributed by atoms with Gasteiger partial charge in [-0.15, -0.1) is 0 Å². The van der Waals surface area contributed by atoms with Crippen LogP contribution in [-0.2, 0) is 14.3 Å². The van der Waals surface area contributed by atoms with Gasteiger partial charge in [-0.25, -0.2) is 4.79 Å². The van der Waals surface area contributed by atoms with Crippen molar-refractivity contribution < 1.29 is 19.1 Å². The molecule has 0 aliphatic heterocycles. The summed E-state index contributed by atoms with van der Waals surface area (Å²) in [5, 5.41) is 0.544. The van der Waals surface area contributed by atoms with Gasteiger partial charge in [-0.1, -0.05) is 41.9 Å². The van der Waals surface area contributed by atoms with Gasteiger partial charge in [0.15, 0.2) is 6.10 Å². The van der Waals surface area contributed by atoms with E-state index in [-0.39, 0.29) is 0 Å². The van der Waals surface area contributed by atoms with Gasteiger partial charge in [0.2, 0.25) is 0 Å². The zero-order valence-corrected chi connectivity index (χ0v) is 14.7. The van der Waals surface area contributed by atoms with Gasteiger partial charge in [0, 0.05) is 16.7 Å². The fraction of sp³-hybridized carbons (Fsp3) is 0.105. The van der Waals surface area contributed by atoms with Crippen molar-refractivity contribution in [1.29, 1.82) is 0 Å². The Kier molecular flexibility index (Phi) is 6.93. The first kappa shape index (κ1) is 19.2. The van der Waals surface area contributed by atoms with Gasteiger partial charge in [-0.05, 0) is 42.8 Å². The summed E-state index contributed by atoms with van der Waals surface area (Å²) in [5.41, 5.74) is 5.58. The molecule has 0 fully saturated rings. The van der Waals surface area contributed by atoms with E-state index in [0.29, 0.717) is 10.6 Å². The van der Waals surface area contributed by atoms with Crippen LogP contribution in [0.1, 0.15) is 22.8 Å². The quantitative estimate of drug-likeness (QED) is 0.480. The molecule has 2 N–H and O–H groups in total. The molecule has 0 spiro atoms. The maximum Gasteiger partial charge on any atom is 0.331 e. The molecule has 0 unspecified atom stereocenters. The van der Waals surface area contributed by atoms with Crippen molar-refractivity contribution in [2.45, 2.75) is 13.0 Å². The summed E-state index contributed by atoms with van der Waals surface area (Å²) in [6, 6.07) is 15.3. The van der Waals surface area contributed by atoms with Crippen LogP contribution in [0.15, 0.2) is 60.7 Å². The molecule has 0 saturated heterocycles. The molecule has 0 radical (unpaired) electrons. The Morgan fingerprint density at radius 2 is 1.77 bits per heavy atom. The molecule has 1 atom stereocenters. The fourth-order valence-corrected chi connectivity index (χ4v) is 2.12. The monoisotopic (exact) mass is 372 g/mol. The molecule has 0 bridgehead atoms. The molecule has 0 aliphatic carbocycles. The summed E-state index contributed by atoms with van der Waals surface area (Å²) in [4.78, 5) is 35.5. The van der Waals surface area contributed by atoms with Crippen molar-refractivity contribution in [2.24, 2.45) is 0 Å². The minimum absolute atomic E-state index is 0.391. The molecule has 2 aromatic carbocycles. The minimum atomic E-state index is -1.08. The average molecular weight is 373 g/mol. The van der Waals surface area contributed by atoms with E-state index in [9.17, 15) is 14.4 Å². The lowest BCUT2D eigenvalue weighted by atomic mass is 10.2. The van der Waals surface area contributed by atoms with Gasteiger partial charge in [0.25, 0.3) is 11.8 Å². The molecular formula is C19H17ClN2O4. The number of nitrogens with one attached hydrogen (secondary N) is 2. The van der Waals surface area contributed by atoms with Crippen LogP contribution in [0.3, 0.4) is 0 Å². The lowest BCUT2D eigenvalue weighted by Gasteiger charge is -2.13. The van der Waals surface area contributed by atoms with E-state index < -0.39 is 23.9 Å². The lowest BCUT2D eigenvalue weighted by molar-refractivity contribution is -0.150. The van der Waals surface area contributed by atoms with Crippen LogP contribution in [0.2, 0.25) is 5.02 Å². The normalized spacial score (nSPS) is 11.6. The van der Waals surface area contributed by atoms with Gasteiger partial charge < -0.3 is 4.74 Å². The molecule has 0 heterocycles. The second-order valence-corrected chi connectivity index (χ2v) is 5.71. The van der Waals surface area contributed by atoms with Crippen LogP contribution in [0.25, 0.3) is 6.08 Å². The summed E-state index contributed by atoms with van der Waals surface area (Å²) in [6.45, 7) is 1.40. The third-order valence-electron chi connectivity index (χ3n) is 3.26. The first-order chi connectivity index (χ1) is 12.5. The Labute approximate surface area is 155 Å². The van der Waals surface area contributed by atoms with E-state index in [0.717, 1.165) is 5.56 Å². The molecule has 134 valence electrons. The molecule has 0 saturated carbocycles. The largest absolute Gasteiger partial charge is 0.449 e. The minimum Gasteiger partial charge on any atom is -0.449 e. The molecule has 0 aromatic heterocycles. The third-order valence-corrected chi connectivity index (χ3v) is 3.49. The topological polar surface area (TPSA) is 84.5 Å². The molecule has 0 aliphatic rings. The van der Waals surface area contributed by atoms with Crippen molar-refractivity contribution in [2.75, 3.05) is 0 Å². The standard InChI is InChI=1S/C19H17ClN2O4/c1-13(18(24)21-22-19(25)15-7-3-2-4-8-15)26-17(23)11-10-14-6-5-9-16(20)12-14/h2-13H,1H3,(H,21,24)(H,22,25)/b11-10+/t13-/m0/s1. The van der Waals surface area contributed by atoms with Crippen molar-refractivity contribution in [3.63, 3.8) is 0 Å². The number of rotatable bonds is 5. The number of hydrogen-bond acceptors (Lipinski definition) is 4. The number of benzene rings is 2. The second kappa shape index (κ2) is 9.39. The Morgan fingerprint density at radius 1 is 1.04 bits per heavy atom. The zero-order chi connectivity index (χ0) is 18.9. The van der Waals surface area contributed by atoms with Crippen LogP contribution in [0, 0.1) is 0 Å². The first-order valence-electron chi connectivity index (χ1n) is 7.75. The van der Waals surface area contributed by atoms with E-state index >= 15 is 0 Å². The molecule has 2 amide bonds. The van der Waals surface area contributed by atoms with Gasteiger partial charge in [-0.3, -0.25) is 20.4 Å². The Hall–Kier alpha value is -3.12. The fourth-order valence-electron chi connectivity index (χ4n) is 1.92. The summed E-state index contributed by atoms with van der Waals surface area (Å²) >= 11 is 5.85. The zero-order valence-electron chi connectivity index (χ0n) is 13.9. The highest BCUT2D eigenvalue weighted by Crippen LogP contribution is 2.11. The Morgan fingerprint density at radius 3 is 2.46 bits per heavy atom. The third kappa shape index (κ3) is 6.07. The van der Waals surface area contributed by atoms with Gasteiger partial charge >= 0.3 is 5.97 Å². The van der Waals surface area contributed by atoms with Crippen LogP contribution in [0.5, 0.6) is 0 Å². The molecule has 2 rings (SSSR count). The molecule has 2 aromatic rings. The number of carbonyl (C=O) groups excluding carboxylic acids is 3. The van der Waals surface area contributed by atoms with Crippen LogP contribution in [0.4, 0.5) is 0 Å². The maximum atomic E-state index is 11.9. The van der Waals surface area contributed by atoms with E-state index in [2.05, 4.69) is 10.9 Å². The number of halogens is 1. The van der Waals surface area contributed by atoms with E-state index in [1.165, 1.54) is 19.1 Å². The number of esters is 1. The van der Waals surface area contributed by atoms with Crippen molar-refractivity contribution in [3.8, 4) is 0 Å². The molecule has 6 nitrogen and oxygen atoms in total. The highest BCUT2D eigenvalue weighted by atomic mass is 35.5. The van der Waals surface area contributed by atoms with Crippen molar-refractivity contribution in [1.82, 2.24) is 10.9 Å². The summed E-state index contributed by atoms with van der Waals surface area (Å²) < 4.78 is 4.98. The van der Waals surface area contributed by atoms with E-state index in [1.54, 1.807) is 54.6 Å². The van der Waals surface area contributed by atoms with Crippen molar-refractivity contribution in [3.05, 3.63) is 76.8 Å². The van der Waals surface area contributed by atoms with E-state index in [1.807, 2.05) is 0 Å². The summed E-state index contributed by atoms with van der Waals surface area (Å²) in [6.07, 6.45) is 1.64. The number of ether oxygens (including phenoxy) is 1. The maximum absolute atomic E-state index is 11.9. The van der Waals surface area contributed by atoms with Gasteiger partial charge in [0.1, 0.15) is 0 Å². The molecular weight excluding hydrogens is 356 g/mol. The SMILES string of the molecule is C[C@H](OC(=O)/C=C/c1cccc(Cl)c1)C(=O)NNC(=O)c1ccccc1. The lowest BCUT2D eigenvalue weighted by Crippen LogP contribution is -2.46. The Bertz CT molecular complexity index is 821. The highest BCUT2D eigenvalue weighted by Gasteiger charge is 2.17. The Balaban J connectivity index is 1.80. The average Bonchev–Trinajstić information content (AvgIpc) is 2.65. The van der Waals surface area contributed by atoms with Crippen LogP contribution >= 0.6 is 11.6 Å². The predicted molar refractivity (Wildman–Crippen MR) is 98.1 cm³/mol. The second-order valence-electron chi connectivity index (χ2n) is 5.28. The predicted octanol–water partition coefficient (Wildman–Crippen LogP) is 2.75. The van der Waals surface area contributed by atoms with Gasteiger partial charge in [0.05, 0.1) is 0 Å². The smallest absolute Gasteiger partial charge is 0.331 e. The number of hydrazine groups is 1. The van der Waals surface area contributed by atoms with Crippen LogP contribution < -0.4 is 10.9 Å². The number of carbonyl (C=O) groups is 3. The number of amides is 2. The van der Waals surface area contributed by atoms with E-state index in [4.69, 9.17) is 16.3 Å². The van der Waals surface area contributed by atoms with Crippen LogP contribution in [-0.4, -0.2) is 23.9 Å². The highest BCUT2D eigenvalue weighted by molar-refractivity contribution is 6.30. The number of hydrogen-bond donors (Lipinski definition) is 2. The molecule has 26 heavy (non-hydrogen) atoms. The molecule has 7 heteroatoms. The van der Waals surface area contributed by atoms with Gasteiger partial charge in [-0.2, -0.15) is 0 Å². The summed E-state index contributed by atoms with van der Waals surface area (Å²) in [5.74, 6) is -1.82.